The Morgan fingerprint density at radius 2 is 1.88 bits per heavy atom. The summed E-state index contributed by atoms with van der Waals surface area (Å²) in [4.78, 5) is 13.1. The lowest BCUT2D eigenvalue weighted by atomic mass is 9.95. The van der Waals surface area contributed by atoms with Crippen molar-refractivity contribution in [3.8, 4) is 17.2 Å². The minimum absolute atomic E-state index is 0.165. The van der Waals surface area contributed by atoms with Gasteiger partial charge in [-0.15, -0.1) is 0 Å². The highest BCUT2D eigenvalue weighted by Gasteiger charge is 2.22. The zero-order chi connectivity index (χ0) is 22.7. The van der Waals surface area contributed by atoms with Crippen LogP contribution in [0.15, 0.2) is 47.0 Å². The number of rotatable bonds is 7. The molecular formula is C25H28N2O5. The fourth-order valence-electron chi connectivity index (χ4n) is 3.70. The van der Waals surface area contributed by atoms with E-state index in [-0.39, 0.29) is 17.9 Å². The molecule has 4 rings (SSSR count). The van der Waals surface area contributed by atoms with E-state index >= 15 is 0 Å². The van der Waals surface area contributed by atoms with Gasteiger partial charge in [-0.3, -0.25) is 4.79 Å². The van der Waals surface area contributed by atoms with Gasteiger partial charge in [0.2, 0.25) is 0 Å². The van der Waals surface area contributed by atoms with Gasteiger partial charge in [-0.1, -0.05) is 31.1 Å². The molecule has 3 aromatic rings. The van der Waals surface area contributed by atoms with Crippen molar-refractivity contribution in [2.75, 3.05) is 13.2 Å². The fraction of sp³-hybridized carbons (Fsp3) is 0.360. The molecule has 1 aliphatic heterocycles. The molecule has 0 fully saturated rings. The van der Waals surface area contributed by atoms with Crippen LogP contribution in [-0.4, -0.2) is 24.3 Å². The van der Waals surface area contributed by atoms with Crippen molar-refractivity contribution >= 4 is 5.91 Å². The van der Waals surface area contributed by atoms with Gasteiger partial charge in [0, 0.05) is 5.56 Å². The molecule has 1 atom stereocenters. The largest absolute Gasteiger partial charge is 0.489 e. The number of carbonyl (C=O) groups excluding carboxylic acids is 1. The van der Waals surface area contributed by atoms with Crippen LogP contribution in [0.5, 0.6) is 17.2 Å². The predicted octanol–water partition coefficient (Wildman–Crippen LogP) is 4.77. The Morgan fingerprint density at radius 3 is 2.59 bits per heavy atom. The van der Waals surface area contributed by atoms with Gasteiger partial charge in [0.1, 0.15) is 31.3 Å². The van der Waals surface area contributed by atoms with Gasteiger partial charge in [0.05, 0.1) is 17.3 Å². The van der Waals surface area contributed by atoms with Crippen LogP contribution < -0.4 is 19.5 Å². The number of nitrogens with one attached hydrogen (secondary N) is 1. The topological polar surface area (TPSA) is 82.8 Å². The molecule has 0 radical (unpaired) electrons. The summed E-state index contributed by atoms with van der Waals surface area (Å²) in [5.41, 5.74) is 3.22. The van der Waals surface area contributed by atoms with Crippen LogP contribution in [0.4, 0.5) is 0 Å². The molecule has 2 heterocycles. The summed E-state index contributed by atoms with van der Waals surface area (Å²) in [5, 5.41) is 7.10. The van der Waals surface area contributed by atoms with Gasteiger partial charge in [-0.25, -0.2) is 0 Å². The van der Waals surface area contributed by atoms with E-state index < -0.39 is 0 Å². The van der Waals surface area contributed by atoms with E-state index in [1.165, 1.54) is 0 Å². The smallest absolute Gasteiger partial charge is 0.251 e. The van der Waals surface area contributed by atoms with Gasteiger partial charge in [0.15, 0.2) is 11.5 Å². The van der Waals surface area contributed by atoms with Gasteiger partial charge >= 0.3 is 0 Å². The second kappa shape index (κ2) is 9.34. The summed E-state index contributed by atoms with van der Waals surface area (Å²) in [7, 11) is 0. The number of carbonyl (C=O) groups is 1. The Labute approximate surface area is 187 Å². The third-order valence-electron chi connectivity index (χ3n) is 5.54. The van der Waals surface area contributed by atoms with E-state index in [1.807, 2.05) is 44.2 Å². The molecular weight excluding hydrogens is 408 g/mol. The van der Waals surface area contributed by atoms with E-state index in [9.17, 15) is 4.79 Å². The minimum atomic E-state index is -0.176. The third-order valence-corrected chi connectivity index (χ3v) is 5.54. The van der Waals surface area contributed by atoms with Crippen LogP contribution in [-0.2, 0) is 6.61 Å². The number of benzene rings is 2. The van der Waals surface area contributed by atoms with Crippen molar-refractivity contribution < 1.29 is 23.5 Å². The van der Waals surface area contributed by atoms with Crippen LogP contribution in [0.3, 0.4) is 0 Å². The molecule has 1 aromatic heterocycles. The minimum Gasteiger partial charge on any atom is -0.489 e. The Morgan fingerprint density at radius 1 is 1.09 bits per heavy atom. The number of aromatic nitrogens is 1. The second-order valence-corrected chi connectivity index (χ2v) is 8.22. The summed E-state index contributed by atoms with van der Waals surface area (Å²) < 4.78 is 22.4. The second-order valence-electron chi connectivity index (χ2n) is 8.22. The first kappa shape index (κ1) is 21.7. The quantitative estimate of drug-likeness (QED) is 0.575. The highest BCUT2D eigenvalue weighted by atomic mass is 16.6. The Bertz CT molecular complexity index is 1090. The Balaban J connectivity index is 1.47. The molecule has 0 saturated carbocycles. The number of amides is 1. The summed E-state index contributed by atoms with van der Waals surface area (Å²) in [5.74, 6) is 2.80. The van der Waals surface area contributed by atoms with Crippen LogP contribution in [0.25, 0.3) is 0 Å². The number of hydrogen-bond donors (Lipinski definition) is 1. The number of ether oxygens (including phenoxy) is 3. The molecule has 1 aliphatic rings. The summed E-state index contributed by atoms with van der Waals surface area (Å²) in [6, 6.07) is 12.8. The van der Waals surface area contributed by atoms with Crippen molar-refractivity contribution in [3.63, 3.8) is 0 Å². The summed E-state index contributed by atoms with van der Waals surface area (Å²) >= 11 is 0. The maximum absolute atomic E-state index is 13.1. The average Bonchev–Trinajstić information content (AvgIpc) is 3.12. The van der Waals surface area contributed by atoms with Gasteiger partial charge in [-0.2, -0.15) is 0 Å². The van der Waals surface area contributed by atoms with Crippen LogP contribution >= 0.6 is 0 Å². The molecule has 0 unspecified atom stereocenters. The molecule has 32 heavy (non-hydrogen) atoms. The summed E-state index contributed by atoms with van der Waals surface area (Å²) in [6.45, 7) is 9.28. The maximum atomic E-state index is 13.1. The Hall–Kier alpha value is -3.48. The maximum Gasteiger partial charge on any atom is 0.251 e. The summed E-state index contributed by atoms with van der Waals surface area (Å²) in [6.07, 6.45) is 0. The SMILES string of the molecule is Cc1noc(C)c1COc1cccc(C(=O)N[C@H](c2ccc3c(c2)OCCO3)C(C)C)c1. The standard InChI is InChI=1S/C25H28N2O5/c1-15(2)24(18-8-9-22-23(13-18)30-11-10-29-22)26-25(28)19-6-5-7-20(12-19)31-14-21-16(3)27-32-17(21)4/h5-9,12-13,15,24H,10-11,14H2,1-4H3,(H,26,28)/t24-/m0/s1. The van der Waals surface area contributed by atoms with Gasteiger partial charge in [-0.05, 0) is 55.7 Å². The number of hydrogen-bond acceptors (Lipinski definition) is 6. The van der Waals surface area contributed by atoms with E-state index in [0.717, 1.165) is 28.3 Å². The van der Waals surface area contributed by atoms with Crippen LogP contribution in [0.2, 0.25) is 0 Å². The lowest BCUT2D eigenvalue weighted by Crippen LogP contribution is -2.32. The molecule has 0 spiro atoms. The van der Waals surface area contributed by atoms with E-state index in [0.29, 0.717) is 36.9 Å². The zero-order valence-electron chi connectivity index (χ0n) is 18.8. The number of fused-ring (bicyclic) bond motifs is 1. The Kier molecular flexibility index (Phi) is 6.35. The normalized spacial score (nSPS) is 13.7. The van der Waals surface area contributed by atoms with E-state index in [4.69, 9.17) is 18.7 Å². The molecule has 7 heteroatoms. The first-order valence-electron chi connectivity index (χ1n) is 10.8. The predicted molar refractivity (Wildman–Crippen MR) is 119 cm³/mol. The van der Waals surface area contributed by atoms with Crippen molar-refractivity contribution in [2.24, 2.45) is 5.92 Å². The molecule has 1 amide bonds. The fourth-order valence-corrected chi connectivity index (χ4v) is 3.70. The first-order valence-corrected chi connectivity index (χ1v) is 10.8. The first-order chi connectivity index (χ1) is 15.4. The lowest BCUT2D eigenvalue weighted by Gasteiger charge is -2.25. The van der Waals surface area contributed by atoms with Crippen molar-refractivity contribution in [1.82, 2.24) is 10.5 Å². The third kappa shape index (κ3) is 4.72. The van der Waals surface area contributed by atoms with Crippen molar-refractivity contribution in [2.45, 2.75) is 40.3 Å². The number of nitrogens with zero attached hydrogens (tertiary/aromatic N) is 1. The molecule has 0 aliphatic carbocycles. The molecule has 0 bridgehead atoms. The van der Waals surface area contributed by atoms with Crippen molar-refractivity contribution in [1.29, 1.82) is 0 Å². The number of aryl methyl sites for hydroxylation is 2. The lowest BCUT2D eigenvalue weighted by molar-refractivity contribution is 0.0924. The molecule has 7 nitrogen and oxygen atoms in total. The molecule has 2 aromatic carbocycles. The van der Waals surface area contributed by atoms with E-state index in [2.05, 4.69) is 24.3 Å². The zero-order valence-corrected chi connectivity index (χ0v) is 18.8. The highest BCUT2D eigenvalue weighted by molar-refractivity contribution is 5.94. The van der Waals surface area contributed by atoms with Crippen molar-refractivity contribution in [3.05, 3.63) is 70.6 Å². The average molecular weight is 437 g/mol. The van der Waals surface area contributed by atoms with E-state index in [1.54, 1.807) is 12.1 Å². The van der Waals surface area contributed by atoms with Gasteiger partial charge < -0.3 is 24.1 Å². The monoisotopic (exact) mass is 436 g/mol. The molecule has 0 saturated heterocycles. The van der Waals surface area contributed by atoms with Crippen LogP contribution in [0, 0.1) is 19.8 Å². The van der Waals surface area contributed by atoms with Crippen LogP contribution in [0.1, 0.15) is 52.8 Å². The highest BCUT2D eigenvalue weighted by Crippen LogP contribution is 2.34. The molecule has 1 N–H and O–H groups in total. The molecule has 168 valence electrons. The van der Waals surface area contributed by atoms with Gasteiger partial charge in [0.25, 0.3) is 5.91 Å².